The van der Waals surface area contributed by atoms with E-state index < -0.39 is 0 Å². The first-order valence-corrected chi connectivity index (χ1v) is 10.4. The van der Waals surface area contributed by atoms with E-state index in [9.17, 15) is 9.59 Å². The van der Waals surface area contributed by atoms with Gasteiger partial charge in [-0.2, -0.15) is 0 Å². The highest BCUT2D eigenvalue weighted by Crippen LogP contribution is 2.31. The zero-order valence-corrected chi connectivity index (χ0v) is 16.2. The summed E-state index contributed by atoms with van der Waals surface area (Å²) in [4.78, 5) is 33.4. The number of hydrogen-bond acceptors (Lipinski definition) is 3. The summed E-state index contributed by atoms with van der Waals surface area (Å²) in [7, 11) is 0. The van der Waals surface area contributed by atoms with Crippen LogP contribution in [0.3, 0.4) is 0 Å². The van der Waals surface area contributed by atoms with E-state index in [4.69, 9.17) is 0 Å². The number of amides is 2. The molecule has 5 heteroatoms. The molecule has 0 saturated carbocycles. The third-order valence-electron chi connectivity index (χ3n) is 5.85. The molecule has 2 aliphatic heterocycles. The minimum Gasteiger partial charge on any atom is -0.332 e. The third kappa shape index (κ3) is 3.93. The van der Waals surface area contributed by atoms with E-state index >= 15 is 0 Å². The molecule has 1 aromatic carbocycles. The Labute approximate surface area is 166 Å². The second-order valence-electron chi connectivity index (χ2n) is 7.69. The number of benzene rings is 1. The van der Waals surface area contributed by atoms with Crippen LogP contribution >= 0.6 is 0 Å². The Morgan fingerprint density at radius 2 is 1.64 bits per heavy atom. The Morgan fingerprint density at radius 1 is 0.893 bits per heavy atom. The zero-order valence-electron chi connectivity index (χ0n) is 16.2. The van der Waals surface area contributed by atoms with E-state index in [1.807, 2.05) is 46.2 Å². The quantitative estimate of drug-likeness (QED) is 0.799. The van der Waals surface area contributed by atoms with Crippen molar-refractivity contribution >= 4 is 17.5 Å². The molecule has 4 rings (SSSR count). The first-order valence-electron chi connectivity index (χ1n) is 10.4. The van der Waals surface area contributed by atoms with E-state index in [0.29, 0.717) is 12.0 Å². The molecule has 2 saturated heterocycles. The number of hydrogen-bond donors (Lipinski definition) is 0. The molecule has 2 amide bonds. The predicted molar refractivity (Wildman–Crippen MR) is 109 cm³/mol. The highest BCUT2D eigenvalue weighted by Gasteiger charge is 2.28. The molecule has 0 bridgehead atoms. The van der Waals surface area contributed by atoms with Crippen LogP contribution < -0.4 is 4.90 Å². The maximum absolute atomic E-state index is 13.3. The fourth-order valence-electron chi connectivity index (χ4n) is 4.31. The second kappa shape index (κ2) is 8.55. The molecule has 1 aromatic heterocycles. The summed E-state index contributed by atoms with van der Waals surface area (Å²) in [5, 5.41) is 0. The third-order valence-corrected chi connectivity index (χ3v) is 5.85. The topological polar surface area (TPSA) is 53.5 Å². The van der Waals surface area contributed by atoms with Gasteiger partial charge in [-0.05, 0) is 67.6 Å². The summed E-state index contributed by atoms with van der Waals surface area (Å²) < 4.78 is 0. The summed E-state index contributed by atoms with van der Waals surface area (Å²) >= 11 is 0. The summed E-state index contributed by atoms with van der Waals surface area (Å²) in [6, 6.07) is 11.7. The van der Waals surface area contributed by atoms with Crippen molar-refractivity contribution in [1.82, 2.24) is 9.88 Å². The number of aromatic nitrogens is 1. The molecule has 0 radical (unpaired) electrons. The van der Waals surface area contributed by atoms with Gasteiger partial charge in [0.25, 0.3) is 5.91 Å². The number of anilines is 1. The van der Waals surface area contributed by atoms with E-state index in [1.165, 1.54) is 0 Å². The van der Waals surface area contributed by atoms with Crippen molar-refractivity contribution in [1.29, 1.82) is 0 Å². The first kappa shape index (κ1) is 18.7. The normalized spacial score (nSPS) is 20.7. The van der Waals surface area contributed by atoms with Gasteiger partial charge in [0.2, 0.25) is 5.91 Å². The first-order chi connectivity index (χ1) is 13.7. The number of pyridine rings is 1. The van der Waals surface area contributed by atoms with Crippen molar-refractivity contribution in [2.24, 2.45) is 0 Å². The van der Waals surface area contributed by atoms with Crippen LogP contribution in [0.1, 0.15) is 66.9 Å². The number of carbonyl (C=O) groups is 2. The Kier molecular flexibility index (Phi) is 5.70. The van der Waals surface area contributed by atoms with E-state index in [2.05, 4.69) is 4.98 Å². The van der Waals surface area contributed by atoms with Gasteiger partial charge in [0.1, 0.15) is 0 Å². The molecule has 1 atom stereocenters. The maximum Gasteiger partial charge on any atom is 0.254 e. The van der Waals surface area contributed by atoms with Gasteiger partial charge in [-0.15, -0.1) is 0 Å². The highest BCUT2D eigenvalue weighted by atomic mass is 16.2. The molecule has 0 spiro atoms. The molecule has 28 heavy (non-hydrogen) atoms. The Balaban J connectivity index is 1.55. The molecule has 0 aliphatic carbocycles. The number of nitrogens with zero attached hydrogens (tertiary/aromatic N) is 3. The maximum atomic E-state index is 13.3. The standard InChI is InChI=1S/C23H27N3O2/c27-22-7-3-5-16-25(22)20-10-8-19(9-11-20)23(28)26-17-4-1-2-6-21(26)18-12-14-24-15-13-18/h8-15,21H,1-7,16-17H2. The molecular formula is C23H27N3O2. The van der Waals surface area contributed by atoms with Crippen LogP contribution in [0.4, 0.5) is 5.69 Å². The van der Waals surface area contributed by atoms with Crippen LogP contribution in [-0.2, 0) is 4.79 Å². The van der Waals surface area contributed by atoms with Crippen molar-refractivity contribution in [3.63, 3.8) is 0 Å². The van der Waals surface area contributed by atoms with Gasteiger partial charge < -0.3 is 9.80 Å². The molecule has 2 fully saturated rings. The van der Waals surface area contributed by atoms with E-state index in [1.54, 1.807) is 12.4 Å². The molecule has 146 valence electrons. The SMILES string of the molecule is O=C1CCCCN1c1ccc(C(=O)N2CCCCCC2c2ccncc2)cc1. The lowest BCUT2D eigenvalue weighted by atomic mass is 10.0. The summed E-state index contributed by atoms with van der Waals surface area (Å²) in [5.74, 6) is 0.246. The molecule has 2 aromatic rings. The van der Waals surface area contributed by atoms with Crippen LogP contribution in [0.2, 0.25) is 0 Å². The summed E-state index contributed by atoms with van der Waals surface area (Å²) in [6.45, 7) is 1.54. The lowest BCUT2D eigenvalue weighted by Gasteiger charge is -2.31. The molecule has 0 N–H and O–H groups in total. The number of likely N-dealkylation sites (tertiary alicyclic amines) is 1. The smallest absolute Gasteiger partial charge is 0.254 e. The largest absolute Gasteiger partial charge is 0.332 e. The highest BCUT2D eigenvalue weighted by molar-refractivity contribution is 5.97. The van der Waals surface area contributed by atoms with Crippen molar-refractivity contribution in [3.8, 4) is 0 Å². The van der Waals surface area contributed by atoms with Gasteiger partial charge in [0.15, 0.2) is 0 Å². The van der Waals surface area contributed by atoms with Crippen LogP contribution in [0.25, 0.3) is 0 Å². The fourth-order valence-corrected chi connectivity index (χ4v) is 4.31. The molecule has 2 aliphatic rings. The lowest BCUT2D eigenvalue weighted by molar-refractivity contribution is -0.119. The number of carbonyl (C=O) groups excluding carboxylic acids is 2. The Morgan fingerprint density at radius 3 is 2.39 bits per heavy atom. The monoisotopic (exact) mass is 377 g/mol. The lowest BCUT2D eigenvalue weighted by Crippen LogP contribution is -2.36. The second-order valence-corrected chi connectivity index (χ2v) is 7.69. The van der Waals surface area contributed by atoms with Gasteiger partial charge in [0.05, 0.1) is 6.04 Å². The fraction of sp³-hybridized carbons (Fsp3) is 0.435. The molecule has 3 heterocycles. The molecule has 1 unspecified atom stereocenters. The average molecular weight is 377 g/mol. The van der Waals surface area contributed by atoms with Gasteiger partial charge in [-0.25, -0.2) is 0 Å². The number of rotatable bonds is 3. The molecular weight excluding hydrogens is 350 g/mol. The van der Waals surface area contributed by atoms with Gasteiger partial charge in [-0.1, -0.05) is 12.8 Å². The van der Waals surface area contributed by atoms with Crippen molar-refractivity contribution in [3.05, 3.63) is 59.9 Å². The Bertz CT molecular complexity index is 820. The predicted octanol–water partition coefficient (Wildman–Crippen LogP) is 4.36. The average Bonchev–Trinajstić information content (AvgIpc) is 3.00. The van der Waals surface area contributed by atoms with Crippen LogP contribution in [-0.4, -0.2) is 34.8 Å². The minimum absolute atomic E-state index is 0.0697. The summed E-state index contributed by atoms with van der Waals surface area (Å²) in [5.41, 5.74) is 2.73. The number of piperidine rings is 1. The van der Waals surface area contributed by atoms with Crippen LogP contribution in [0, 0.1) is 0 Å². The van der Waals surface area contributed by atoms with Crippen molar-refractivity contribution in [2.45, 2.75) is 51.0 Å². The van der Waals surface area contributed by atoms with E-state index in [-0.39, 0.29) is 17.9 Å². The molecule has 5 nitrogen and oxygen atoms in total. The minimum atomic E-state index is 0.0697. The van der Waals surface area contributed by atoms with Gasteiger partial charge in [-0.3, -0.25) is 14.6 Å². The van der Waals surface area contributed by atoms with Gasteiger partial charge in [0, 0.05) is 43.2 Å². The van der Waals surface area contributed by atoms with Gasteiger partial charge >= 0.3 is 0 Å². The van der Waals surface area contributed by atoms with Crippen LogP contribution in [0.15, 0.2) is 48.8 Å². The zero-order chi connectivity index (χ0) is 19.3. The van der Waals surface area contributed by atoms with Crippen molar-refractivity contribution < 1.29 is 9.59 Å². The van der Waals surface area contributed by atoms with E-state index in [0.717, 1.165) is 62.9 Å². The summed E-state index contributed by atoms with van der Waals surface area (Å²) in [6.07, 6.45) is 10.5. The van der Waals surface area contributed by atoms with Crippen LogP contribution in [0.5, 0.6) is 0 Å². The Hall–Kier alpha value is -2.69. The van der Waals surface area contributed by atoms with Crippen molar-refractivity contribution in [2.75, 3.05) is 18.0 Å².